The van der Waals surface area contributed by atoms with Crippen molar-refractivity contribution in [1.29, 1.82) is 0 Å². The Morgan fingerprint density at radius 3 is 1.32 bits per heavy atom. The number of Topliss-reactive ketones (excluding diaryl/α,β-unsaturated/α-hetero) is 2. The van der Waals surface area contributed by atoms with Gasteiger partial charge in [0.2, 0.25) is 0 Å². The Morgan fingerprint density at radius 2 is 1.05 bits per heavy atom. The summed E-state index contributed by atoms with van der Waals surface area (Å²) in [5, 5.41) is 41.0. The Balaban J connectivity index is 2.29. The number of unbranched alkanes of at least 4 members (excludes halogenated alkanes) is 1. The van der Waals surface area contributed by atoms with E-state index in [0.29, 0.717) is 75.6 Å². The number of rotatable bonds is 13. The van der Waals surface area contributed by atoms with E-state index in [4.69, 9.17) is 0 Å². The van der Waals surface area contributed by atoms with Crippen molar-refractivity contribution in [3.63, 3.8) is 0 Å². The molecule has 0 heterocycles. The van der Waals surface area contributed by atoms with Gasteiger partial charge in [-0.05, 0) is 49.4 Å². The van der Waals surface area contributed by atoms with E-state index in [1.54, 1.807) is 0 Å². The predicted molar refractivity (Wildman–Crippen MR) is 151 cm³/mol. The molecule has 0 fully saturated rings. The molecule has 2 aliphatic rings. The van der Waals surface area contributed by atoms with Crippen LogP contribution >= 0.6 is 0 Å². The van der Waals surface area contributed by atoms with Gasteiger partial charge in [0, 0.05) is 37.1 Å². The molecule has 2 atom stereocenters. The molecule has 0 aliphatic heterocycles. The number of aliphatic hydroxyl groups is 4. The van der Waals surface area contributed by atoms with Crippen LogP contribution in [0.2, 0.25) is 0 Å². The highest BCUT2D eigenvalue weighted by Crippen LogP contribution is 2.38. The number of hydrogen-bond donors (Lipinski definition) is 4. The van der Waals surface area contributed by atoms with Gasteiger partial charge in [-0.15, -0.1) is 0 Å². The molecule has 0 aromatic rings. The first-order valence-electron chi connectivity index (χ1n) is 14.0. The second-order valence-electron chi connectivity index (χ2n) is 12.4. The van der Waals surface area contributed by atoms with Gasteiger partial charge in [-0.2, -0.15) is 0 Å². The van der Waals surface area contributed by atoms with E-state index in [2.05, 4.69) is 9.98 Å². The van der Waals surface area contributed by atoms with Crippen LogP contribution in [0, 0.1) is 10.8 Å². The van der Waals surface area contributed by atoms with Crippen LogP contribution in [0.5, 0.6) is 0 Å². The summed E-state index contributed by atoms with van der Waals surface area (Å²) in [6, 6.07) is -0.712. The number of aliphatic hydroxyl groups excluding tert-OH is 4. The van der Waals surface area contributed by atoms with Gasteiger partial charge in [0.15, 0.2) is 11.6 Å². The van der Waals surface area contributed by atoms with Crippen LogP contribution in [0.3, 0.4) is 0 Å². The summed E-state index contributed by atoms with van der Waals surface area (Å²) < 4.78 is 0. The third-order valence-electron chi connectivity index (χ3n) is 7.40. The van der Waals surface area contributed by atoms with Gasteiger partial charge in [-0.1, -0.05) is 41.5 Å². The maximum atomic E-state index is 13.0. The highest BCUT2D eigenvalue weighted by Gasteiger charge is 2.36. The lowest BCUT2D eigenvalue weighted by molar-refractivity contribution is -0.118. The molecule has 0 spiro atoms. The minimum absolute atomic E-state index is 0.0549. The topological polar surface area (TPSA) is 140 Å². The third kappa shape index (κ3) is 8.60. The summed E-state index contributed by atoms with van der Waals surface area (Å²) in [7, 11) is 0. The van der Waals surface area contributed by atoms with Crippen LogP contribution in [0.4, 0.5) is 0 Å². The highest BCUT2D eigenvalue weighted by atomic mass is 16.3. The number of nitrogens with zero attached hydrogens (tertiary/aromatic N) is 2. The fraction of sp³-hybridized carbons (Fsp3) is 0.733. The van der Waals surface area contributed by atoms with Gasteiger partial charge in [0.25, 0.3) is 0 Å². The quantitative estimate of drug-likeness (QED) is 0.186. The van der Waals surface area contributed by atoms with Crippen molar-refractivity contribution in [2.45, 2.75) is 118 Å². The van der Waals surface area contributed by atoms with E-state index in [1.165, 1.54) is 0 Å². The average molecular weight is 533 g/mol. The van der Waals surface area contributed by atoms with Gasteiger partial charge < -0.3 is 20.4 Å². The molecule has 2 aliphatic carbocycles. The Bertz CT molecular complexity index is 914. The monoisotopic (exact) mass is 532 g/mol. The van der Waals surface area contributed by atoms with Crippen LogP contribution in [0.15, 0.2) is 32.6 Å². The minimum Gasteiger partial charge on any atom is -0.511 e. The highest BCUT2D eigenvalue weighted by molar-refractivity contribution is 6.24. The van der Waals surface area contributed by atoms with Gasteiger partial charge in [0.1, 0.15) is 11.5 Å². The zero-order valence-corrected chi connectivity index (χ0v) is 24.1. The number of carbonyl (C=O) groups excluding carboxylic acids is 2. The summed E-state index contributed by atoms with van der Waals surface area (Å²) in [4.78, 5) is 35.3. The molecule has 214 valence electrons. The number of hydrogen-bond acceptors (Lipinski definition) is 8. The largest absolute Gasteiger partial charge is 0.511 e. The number of ketones is 2. The SMILES string of the molecule is CCC(CO)N=C(CCCCC(=NC(CC)CO)C1=C(O)CC(C)(C)CC1=O)C1=C(O)CC(C)(C)CC1=O. The molecule has 0 saturated heterocycles. The number of carbonyl (C=O) groups is 2. The molecule has 2 rings (SSSR count). The number of allylic oxidation sites excluding steroid dienone is 4. The van der Waals surface area contributed by atoms with E-state index in [1.807, 2.05) is 41.5 Å². The molecule has 0 aromatic carbocycles. The van der Waals surface area contributed by atoms with E-state index in [0.717, 1.165) is 0 Å². The summed E-state index contributed by atoms with van der Waals surface area (Å²) in [5.74, 6) is -0.155. The van der Waals surface area contributed by atoms with Crippen LogP contribution in [0.25, 0.3) is 0 Å². The molecule has 0 saturated carbocycles. The Morgan fingerprint density at radius 1 is 0.711 bits per heavy atom. The number of aliphatic imine (C=N–C) groups is 2. The van der Waals surface area contributed by atoms with Crippen molar-refractivity contribution in [3.8, 4) is 0 Å². The van der Waals surface area contributed by atoms with Crippen LogP contribution in [-0.2, 0) is 9.59 Å². The van der Waals surface area contributed by atoms with Crippen LogP contribution in [0.1, 0.15) is 106 Å². The molecule has 0 amide bonds. The Labute approximate surface area is 227 Å². The Kier molecular flexibility index (Phi) is 11.5. The second-order valence-corrected chi connectivity index (χ2v) is 12.4. The maximum absolute atomic E-state index is 13.0. The predicted octanol–water partition coefficient (Wildman–Crippen LogP) is 5.37. The smallest absolute Gasteiger partial charge is 0.168 e. The standard InChI is InChI=1S/C30H48N2O6/c1-7-19(17-33)31-21(27-23(35)13-29(3,4)14-24(27)36)11-9-10-12-22(32-20(8-2)18-34)28-25(37)15-30(5,6)16-26(28)38/h19-20,33-35,37H,7-18H2,1-6H3. The lowest BCUT2D eigenvalue weighted by Crippen LogP contribution is -2.30. The molecule has 8 heteroatoms. The summed E-state index contributed by atoms with van der Waals surface area (Å²) in [6.07, 6.45) is 4.72. The van der Waals surface area contributed by atoms with Crippen molar-refractivity contribution in [2.75, 3.05) is 13.2 Å². The molecular formula is C30H48N2O6. The van der Waals surface area contributed by atoms with Gasteiger partial charge in [0.05, 0.1) is 36.4 Å². The van der Waals surface area contributed by atoms with Crippen LogP contribution in [-0.4, -0.2) is 68.7 Å². The zero-order chi connectivity index (χ0) is 28.7. The van der Waals surface area contributed by atoms with Gasteiger partial charge in [-0.3, -0.25) is 19.6 Å². The van der Waals surface area contributed by atoms with E-state index < -0.39 is 0 Å². The summed E-state index contributed by atoms with van der Waals surface area (Å²) in [6.45, 7) is 11.3. The molecule has 0 radical (unpaired) electrons. The summed E-state index contributed by atoms with van der Waals surface area (Å²) in [5.41, 5.74) is 0.954. The van der Waals surface area contributed by atoms with Crippen molar-refractivity contribution in [1.82, 2.24) is 0 Å². The first-order chi connectivity index (χ1) is 17.8. The zero-order valence-electron chi connectivity index (χ0n) is 24.1. The van der Waals surface area contributed by atoms with Gasteiger partial charge >= 0.3 is 0 Å². The lowest BCUT2D eigenvalue weighted by Gasteiger charge is -2.30. The summed E-state index contributed by atoms with van der Waals surface area (Å²) >= 11 is 0. The molecule has 2 unspecified atom stereocenters. The molecular weight excluding hydrogens is 484 g/mol. The van der Waals surface area contributed by atoms with E-state index in [-0.39, 0.29) is 70.4 Å². The molecule has 8 nitrogen and oxygen atoms in total. The molecule has 0 aromatic heterocycles. The third-order valence-corrected chi connectivity index (χ3v) is 7.40. The normalized spacial score (nSPS) is 22.2. The van der Waals surface area contributed by atoms with Crippen molar-refractivity contribution >= 4 is 23.0 Å². The molecule has 0 bridgehead atoms. The minimum atomic E-state index is -0.356. The van der Waals surface area contributed by atoms with Crippen LogP contribution < -0.4 is 0 Å². The van der Waals surface area contributed by atoms with E-state index >= 15 is 0 Å². The van der Waals surface area contributed by atoms with Crippen molar-refractivity contribution < 1.29 is 30.0 Å². The van der Waals surface area contributed by atoms with Gasteiger partial charge in [-0.25, -0.2) is 0 Å². The van der Waals surface area contributed by atoms with Crippen molar-refractivity contribution in [3.05, 3.63) is 22.7 Å². The Hall–Kier alpha value is -2.32. The fourth-order valence-electron chi connectivity index (χ4n) is 5.29. The average Bonchev–Trinajstić information content (AvgIpc) is 2.79. The lowest BCUT2D eigenvalue weighted by atomic mass is 9.75. The maximum Gasteiger partial charge on any atom is 0.168 e. The first-order valence-corrected chi connectivity index (χ1v) is 14.0. The first kappa shape index (κ1) is 31.9. The second kappa shape index (κ2) is 13.7. The van der Waals surface area contributed by atoms with Crippen molar-refractivity contribution in [2.24, 2.45) is 20.8 Å². The van der Waals surface area contributed by atoms with E-state index in [9.17, 15) is 30.0 Å². The molecule has 4 N–H and O–H groups in total. The molecule has 38 heavy (non-hydrogen) atoms. The fourth-order valence-corrected chi connectivity index (χ4v) is 5.29.